The Morgan fingerprint density at radius 2 is 2.05 bits per heavy atom. The van der Waals surface area contributed by atoms with Crippen molar-refractivity contribution in [2.45, 2.75) is 26.3 Å². The number of pyridine rings is 1. The highest BCUT2D eigenvalue weighted by molar-refractivity contribution is 5.57. The number of nitrogens with zero attached hydrogens (tertiary/aromatic N) is 5. The number of aromatic nitrogens is 3. The number of hydrogen-bond donors (Lipinski definition) is 0. The molecule has 2 unspecified atom stereocenters. The molecule has 2 aliphatic rings. The number of anilines is 1. The highest BCUT2D eigenvalue weighted by Gasteiger charge is 2.45. The molecule has 1 saturated heterocycles. The molecule has 1 aliphatic heterocycles. The smallest absolute Gasteiger partial charge is 0.164 e. The Labute approximate surface area is 130 Å². The molecule has 4 rings (SSSR count). The van der Waals surface area contributed by atoms with E-state index in [-0.39, 0.29) is 0 Å². The fraction of sp³-hybridized carbons (Fsp3) is 0.471. The van der Waals surface area contributed by atoms with E-state index in [0.717, 1.165) is 48.4 Å². The van der Waals surface area contributed by atoms with Gasteiger partial charge >= 0.3 is 0 Å². The minimum absolute atomic E-state index is 0.543. The Bertz CT molecular complexity index is 732. The molecule has 112 valence electrons. The molecular weight excluding hydrogens is 274 g/mol. The predicted octanol–water partition coefficient (Wildman–Crippen LogP) is 2.22. The Hall–Kier alpha value is -2.35. The minimum Gasteiger partial charge on any atom is -0.369 e. The molecule has 2 aromatic heterocycles. The van der Waals surface area contributed by atoms with E-state index >= 15 is 0 Å². The Morgan fingerprint density at radius 3 is 2.73 bits per heavy atom. The van der Waals surface area contributed by atoms with Gasteiger partial charge in [-0.05, 0) is 42.9 Å². The molecule has 0 aromatic carbocycles. The van der Waals surface area contributed by atoms with E-state index in [1.807, 2.05) is 23.0 Å². The second-order valence-electron chi connectivity index (χ2n) is 6.30. The maximum Gasteiger partial charge on any atom is 0.164 e. The van der Waals surface area contributed by atoms with Crippen molar-refractivity contribution < 1.29 is 0 Å². The lowest BCUT2D eigenvalue weighted by Gasteiger charge is -2.21. The van der Waals surface area contributed by atoms with Crippen LogP contribution in [0.15, 0.2) is 24.4 Å². The van der Waals surface area contributed by atoms with Crippen molar-refractivity contribution in [1.29, 1.82) is 5.26 Å². The Balaban J connectivity index is 1.55. The van der Waals surface area contributed by atoms with Gasteiger partial charge in [-0.3, -0.25) is 4.68 Å². The van der Waals surface area contributed by atoms with Gasteiger partial charge in [0.15, 0.2) is 5.69 Å². The van der Waals surface area contributed by atoms with Gasteiger partial charge < -0.3 is 4.90 Å². The molecule has 5 heteroatoms. The summed E-state index contributed by atoms with van der Waals surface area (Å²) in [4.78, 5) is 6.86. The number of nitriles is 1. The lowest BCUT2D eigenvalue weighted by atomic mass is 10.2. The first kappa shape index (κ1) is 13.3. The van der Waals surface area contributed by atoms with E-state index in [0.29, 0.717) is 12.2 Å². The van der Waals surface area contributed by atoms with E-state index in [4.69, 9.17) is 0 Å². The molecule has 0 radical (unpaired) electrons. The first-order valence-corrected chi connectivity index (χ1v) is 7.94. The van der Waals surface area contributed by atoms with Crippen LogP contribution in [0.5, 0.6) is 0 Å². The number of rotatable bonds is 4. The molecule has 1 aliphatic carbocycles. The van der Waals surface area contributed by atoms with Gasteiger partial charge in [-0.1, -0.05) is 6.92 Å². The first-order valence-electron chi connectivity index (χ1n) is 7.94. The third-order valence-corrected chi connectivity index (χ3v) is 4.74. The van der Waals surface area contributed by atoms with Crippen LogP contribution in [0, 0.1) is 23.2 Å². The molecule has 2 fully saturated rings. The van der Waals surface area contributed by atoms with Gasteiger partial charge in [0.1, 0.15) is 6.07 Å². The van der Waals surface area contributed by atoms with E-state index in [2.05, 4.69) is 34.0 Å². The number of hydrogen-bond acceptors (Lipinski definition) is 4. The highest BCUT2D eigenvalue weighted by atomic mass is 15.3. The zero-order chi connectivity index (χ0) is 15.1. The Morgan fingerprint density at radius 1 is 1.23 bits per heavy atom. The van der Waals surface area contributed by atoms with Crippen LogP contribution in [0.1, 0.15) is 30.4 Å². The van der Waals surface area contributed by atoms with Crippen LogP contribution in [0.2, 0.25) is 0 Å². The summed E-state index contributed by atoms with van der Waals surface area (Å²) in [6.45, 7) is 4.87. The van der Waals surface area contributed by atoms with E-state index < -0.39 is 0 Å². The van der Waals surface area contributed by atoms with Crippen molar-refractivity contribution in [2.75, 3.05) is 18.0 Å². The molecule has 5 nitrogen and oxygen atoms in total. The van der Waals surface area contributed by atoms with E-state index in [9.17, 15) is 5.26 Å². The molecule has 3 heterocycles. The van der Waals surface area contributed by atoms with Gasteiger partial charge in [-0.25, -0.2) is 4.98 Å². The number of piperidine rings is 1. The lowest BCUT2D eigenvalue weighted by Crippen LogP contribution is -2.23. The van der Waals surface area contributed by atoms with Crippen LogP contribution < -0.4 is 4.90 Å². The molecule has 1 saturated carbocycles. The molecule has 2 atom stereocenters. The van der Waals surface area contributed by atoms with Crippen molar-refractivity contribution in [3.05, 3.63) is 41.5 Å². The van der Waals surface area contributed by atoms with Gasteiger partial charge in [-0.15, -0.1) is 0 Å². The third-order valence-electron chi connectivity index (χ3n) is 4.74. The molecule has 0 amide bonds. The van der Waals surface area contributed by atoms with Crippen molar-refractivity contribution in [2.24, 2.45) is 11.8 Å². The molecule has 0 N–H and O–H groups in total. The molecule has 0 spiro atoms. The van der Waals surface area contributed by atoms with Gasteiger partial charge in [0.25, 0.3) is 0 Å². The summed E-state index contributed by atoms with van der Waals surface area (Å²) in [5, 5.41) is 13.9. The fourth-order valence-electron chi connectivity index (χ4n) is 3.36. The van der Waals surface area contributed by atoms with Gasteiger partial charge in [0.05, 0.1) is 23.6 Å². The quantitative estimate of drug-likeness (QED) is 0.867. The maximum atomic E-state index is 9.43. The van der Waals surface area contributed by atoms with Gasteiger partial charge in [-0.2, -0.15) is 10.4 Å². The van der Waals surface area contributed by atoms with E-state index in [1.54, 1.807) is 0 Å². The number of aryl methyl sites for hydroxylation is 1. The summed E-state index contributed by atoms with van der Waals surface area (Å²) in [6, 6.07) is 8.36. The average Bonchev–Trinajstić information content (AvgIpc) is 2.96. The summed E-state index contributed by atoms with van der Waals surface area (Å²) in [5.74, 6) is 1.70. The summed E-state index contributed by atoms with van der Waals surface area (Å²) < 4.78 is 1.88. The second-order valence-corrected chi connectivity index (χ2v) is 6.30. The second kappa shape index (κ2) is 5.13. The SMILES string of the molecule is CCc1ccn(Cc2ccc(N3CC4CC4C3)c(C#N)n2)n1. The van der Waals surface area contributed by atoms with Crippen LogP contribution in [0.3, 0.4) is 0 Å². The highest BCUT2D eigenvalue weighted by Crippen LogP contribution is 2.46. The maximum absolute atomic E-state index is 9.43. The predicted molar refractivity (Wildman–Crippen MR) is 83.5 cm³/mol. The van der Waals surface area contributed by atoms with Crippen LogP contribution >= 0.6 is 0 Å². The lowest BCUT2D eigenvalue weighted by molar-refractivity contribution is 0.660. The summed E-state index contributed by atoms with van der Waals surface area (Å²) in [7, 11) is 0. The van der Waals surface area contributed by atoms with Crippen molar-refractivity contribution >= 4 is 5.69 Å². The van der Waals surface area contributed by atoms with Crippen LogP contribution in [-0.4, -0.2) is 27.9 Å². The van der Waals surface area contributed by atoms with E-state index in [1.165, 1.54) is 6.42 Å². The molecule has 2 aromatic rings. The Kier molecular flexibility index (Phi) is 3.11. The molecule has 0 bridgehead atoms. The zero-order valence-electron chi connectivity index (χ0n) is 12.7. The first-order chi connectivity index (χ1) is 10.8. The normalized spacial score (nSPS) is 22.5. The fourth-order valence-corrected chi connectivity index (χ4v) is 3.36. The van der Waals surface area contributed by atoms with Crippen LogP contribution in [0.4, 0.5) is 5.69 Å². The van der Waals surface area contributed by atoms with Crippen molar-refractivity contribution in [3.8, 4) is 6.07 Å². The van der Waals surface area contributed by atoms with Crippen LogP contribution in [-0.2, 0) is 13.0 Å². The molecule has 22 heavy (non-hydrogen) atoms. The standard InChI is InChI=1S/C17H19N5/c1-2-14-5-6-22(20-14)11-15-3-4-17(16(8-18)19-15)21-9-12-7-13(12)10-21/h3-6,12-13H,2,7,9-11H2,1H3. The zero-order valence-corrected chi connectivity index (χ0v) is 12.7. The van der Waals surface area contributed by atoms with Crippen LogP contribution in [0.25, 0.3) is 0 Å². The minimum atomic E-state index is 0.543. The number of fused-ring (bicyclic) bond motifs is 1. The summed E-state index contributed by atoms with van der Waals surface area (Å²) >= 11 is 0. The van der Waals surface area contributed by atoms with Gasteiger partial charge in [0.2, 0.25) is 0 Å². The monoisotopic (exact) mass is 293 g/mol. The van der Waals surface area contributed by atoms with Crippen molar-refractivity contribution in [1.82, 2.24) is 14.8 Å². The topological polar surface area (TPSA) is 57.7 Å². The summed E-state index contributed by atoms with van der Waals surface area (Å²) in [6.07, 6.45) is 4.26. The third kappa shape index (κ3) is 2.35. The molecular formula is C17H19N5. The van der Waals surface area contributed by atoms with Gasteiger partial charge in [0, 0.05) is 19.3 Å². The van der Waals surface area contributed by atoms with Crippen molar-refractivity contribution in [3.63, 3.8) is 0 Å². The summed E-state index contributed by atoms with van der Waals surface area (Å²) in [5.41, 5.74) is 3.50. The average molecular weight is 293 g/mol. The largest absolute Gasteiger partial charge is 0.369 e.